The van der Waals surface area contributed by atoms with Gasteiger partial charge in [0.15, 0.2) is 0 Å². The molecule has 2 N–H and O–H groups in total. The van der Waals surface area contributed by atoms with E-state index >= 15 is 0 Å². The fourth-order valence-electron chi connectivity index (χ4n) is 2.82. The van der Waals surface area contributed by atoms with Crippen molar-refractivity contribution in [1.82, 2.24) is 0 Å². The van der Waals surface area contributed by atoms with Crippen molar-refractivity contribution in [2.45, 2.75) is 43.4 Å². The quantitative estimate of drug-likeness (QED) is 0.618. The van der Waals surface area contributed by atoms with E-state index in [1.165, 1.54) is 6.42 Å². The molecule has 0 aromatic rings. The van der Waals surface area contributed by atoms with E-state index in [9.17, 15) is 0 Å². The van der Waals surface area contributed by atoms with E-state index < -0.39 is 0 Å². The van der Waals surface area contributed by atoms with Crippen molar-refractivity contribution >= 4 is 0 Å². The largest absolute Gasteiger partial charge is 0.382 e. The van der Waals surface area contributed by atoms with Crippen LogP contribution in [-0.4, -0.2) is 57.9 Å². The topological polar surface area (TPSA) is 62.9 Å². The Balaban J connectivity index is 1.48. The van der Waals surface area contributed by atoms with Gasteiger partial charge in [-0.3, -0.25) is 0 Å². The predicted octanol–water partition coefficient (Wildman–Crippen LogP) is 0.705. The van der Waals surface area contributed by atoms with Gasteiger partial charge >= 0.3 is 0 Å². The normalized spacial score (nSPS) is 34.3. The van der Waals surface area contributed by atoms with Gasteiger partial charge in [0.2, 0.25) is 0 Å². The van der Waals surface area contributed by atoms with Gasteiger partial charge in [-0.2, -0.15) is 0 Å². The lowest BCUT2D eigenvalue weighted by atomic mass is 9.80. The molecule has 0 spiro atoms. The standard InChI is InChI=1S/C13H25NO4/c1-15-6-7-17-9-8-16-5-4-13(14)10-11-2-3-12(13)18-11/h11-12H,2-10,14H2,1H3. The van der Waals surface area contributed by atoms with Crippen LogP contribution in [0.3, 0.4) is 0 Å². The summed E-state index contributed by atoms with van der Waals surface area (Å²) in [6.45, 7) is 3.18. The fraction of sp³-hybridized carbons (Fsp3) is 1.00. The summed E-state index contributed by atoms with van der Waals surface area (Å²) in [4.78, 5) is 0. The van der Waals surface area contributed by atoms with E-state index in [0.29, 0.717) is 39.1 Å². The maximum Gasteiger partial charge on any atom is 0.0761 e. The van der Waals surface area contributed by atoms with Gasteiger partial charge in [0.25, 0.3) is 0 Å². The van der Waals surface area contributed by atoms with E-state index in [4.69, 9.17) is 24.7 Å². The van der Waals surface area contributed by atoms with Crippen LogP contribution in [0.25, 0.3) is 0 Å². The first kappa shape index (κ1) is 14.2. The van der Waals surface area contributed by atoms with Crippen LogP contribution in [0.5, 0.6) is 0 Å². The van der Waals surface area contributed by atoms with Crippen molar-refractivity contribution in [3.05, 3.63) is 0 Å². The molecule has 5 heteroatoms. The molecule has 2 aliphatic rings. The molecule has 3 atom stereocenters. The molecule has 2 fully saturated rings. The van der Waals surface area contributed by atoms with E-state index in [1.54, 1.807) is 7.11 Å². The lowest BCUT2D eigenvalue weighted by Gasteiger charge is -2.30. The molecule has 5 nitrogen and oxygen atoms in total. The summed E-state index contributed by atoms with van der Waals surface area (Å²) in [5.74, 6) is 0. The second-order valence-corrected chi connectivity index (χ2v) is 5.23. The van der Waals surface area contributed by atoms with Crippen molar-refractivity contribution in [3.8, 4) is 0 Å². The zero-order chi connectivity index (χ0) is 12.8. The molecule has 0 aliphatic carbocycles. The van der Waals surface area contributed by atoms with Crippen molar-refractivity contribution in [2.24, 2.45) is 5.73 Å². The summed E-state index contributed by atoms with van der Waals surface area (Å²) in [6, 6.07) is 0. The van der Waals surface area contributed by atoms with Crippen LogP contribution < -0.4 is 5.73 Å². The summed E-state index contributed by atoms with van der Waals surface area (Å²) in [7, 11) is 1.66. The highest BCUT2D eigenvalue weighted by molar-refractivity contribution is 5.04. The first-order valence-corrected chi connectivity index (χ1v) is 6.83. The predicted molar refractivity (Wildman–Crippen MR) is 67.6 cm³/mol. The number of fused-ring (bicyclic) bond motifs is 2. The highest BCUT2D eigenvalue weighted by Crippen LogP contribution is 2.41. The van der Waals surface area contributed by atoms with Crippen LogP contribution >= 0.6 is 0 Å². The lowest BCUT2D eigenvalue weighted by molar-refractivity contribution is 0.0165. The molecule has 106 valence electrons. The van der Waals surface area contributed by atoms with E-state index in [-0.39, 0.29) is 11.6 Å². The Labute approximate surface area is 109 Å². The molecule has 3 unspecified atom stereocenters. The minimum absolute atomic E-state index is 0.153. The zero-order valence-electron chi connectivity index (χ0n) is 11.2. The molecule has 2 bridgehead atoms. The van der Waals surface area contributed by atoms with Crippen molar-refractivity contribution in [1.29, 1.82) is 0 Å². The van der Waals surface area contributed by atoms with Gasteiger partial charge in [0.1, 0.15) is 0 Å². The number of hydrogen-bond donors (Lipinski definition) is 1. The highest BCUT2D eigenvalue weighted by atomic mass is 16.5. The zero-order valence-corrected chi connectivity index (χ0v) is 11.2. The van der Waals surface area contributed by atoms with Crippen LogP contribution in [0, 0.1) is 0 Å². The van der Waals surface area contributed by atoms with Gasteiger partial charge in [0, 0.05) is 19.3 Å². The summed E-state index contributed by atoms with van der Waals surface area (Å²) in [5, 5.41) is 0. The average Bonchev–Trinajstić information content (AvgIpc) is 2.92. The van der Waals surface area contributed by atoms with Crippen LogP contribution in [-0.2, 0) is 18.9 Å². The van der Waals surface area contributed by atoms with Gasteiger partial charge in [-0.15, -0.1) is 0 Å². The summed E-state index contributed by atoms with van der Waals surface area (Å²) >= 11 is 0. The first-order chi connectivity index (χ1) is 8.74. The van der Waals surface area contributed by atoms with E-state index in [0.717, 1.165) is 19.3 Å². The second kappa shape index (κ2) is 6.82. The Morgan fingerprint density at radius 1 is 1.11 bits per heavy atom. The Kier molecular flexibility index (Phi) is 5.38. The third kappa shape index (κ3) is 3.65. The molecular formula is C13H25NO4. The maximum absolute atomic E-state index is 6.37. The number of rotatable bonds is 9. The molecule has 0 radical (unpaired) electrons. The molecule has 2 heterocycles. The molecule has 0 saturated carbocycles. The number of methoxy groups -OCH3 is 1. The maximum atomic E-state index is 6.37. The minimum Gasteiger partial charge on any atom is -0.382 e. The molecule has 0 amide bonds. The molecule has 2 aliphatic heterocycles. The second-order valence-electron chi connectivity index (χ2n) is 5.23. The summed E-state index contributed by atoms with van der Waals surface area (Å²) < 4.78 is 21.5. The average molecular weight is 259 g/mol. The van der Waals surface area contributed by atoms with Gasteiger partial charge in [-0.1, -0.05) is 0 Å². The van der Waals surface area contributed by atoms with Crippen molar-refractivity contribution < 1.29 is 18.9 Å². The van der Waals surface area contributed by atoms with Gasteiger partial charge < -0.3 is 24.7 Å². The Morgan fingerprint density at radius 3 is 2.44 bits per heavy atom. The van der Waals surface area contributed by atoms with Crippen LogP contribution in [0.15, 0.2) is 0 Å². The third-order valence-corrected chi connectivity index (χ3v) is 3.87. The molecule has 0 aromatic carbocycles. The van der Waals surface area contributed by atoms with Gasteiger partial charge in [0.05, 0.1) is 38.6 Å². The molecule has 2 saturated heterocycles. The Hall–Kier alpha value is -0.200. The fourth-order valence-corrected chi connectivity index (χ4v) is 2.82. The molecular weight excluding hydrogens is 234 g/mol. The number of nitrogens with two attached hydrogens (primary N) is 1. The Bertz CT molecular complexity index is 251. The number of hydrogen-bond acceptors (Lipinski definition) is 5. The van der Waals surface area contributed by atoms with Crippen LogP contribution in [0.1, 0.15) is 25.7 Å². The molecule has 0 aromatic heterocycles. The first-order valence-electron chi connectivity index (χ1n) is 6.83. The molecule has 18 heavy (non-hydrogen) atoms. The van der Waals surface area contributed by atoms with E-state index in [2.05, 4.69) is 0 Å². The summed E-state index contributed by atoms with van der Waals surface area (Å²) in [5.41, 5.74) is 6.22. The third-order valence-electron chi connectivity index (χ3n) is 3.87. The SMILES string of the molecule is COCCOCCOCCC1(N)CC2CCC1O2. The summed E-state index contributed by atoms with van der Waals surface area (Å²) in [6.07, 6.45) is 4.82. The lowest BCUT2D eigenvalue weighted by Crippen LogP contribution is -2.49. The van der Waals surface area contributed by atoms with Gasteiger partial charge in [-0.25, -0.2) is 0 Å². The van der Waals surface area contributed by atoms with Crippen molar-refractivity contribution in [2.75, 3.05) is 40.1 Å². The van der Waals surface area contributed by atoms with Crippen LogP contribution in [0.2, 0.25) is 0 Å². The highest BCUT2D eigenvalue weighted by Gasteiger charge is 2.49. The smallest absolute Gasteiger partial charge is 0.0761 e. The van der Waals surface area contributed by atoms with E-state index in [1.807, 2.05) is 0 Å². The van der Waals surface area contributed by atoms with Crippen molar-refractivity contribution in [3.63, 3.8) is 0 Å². The monoisotopic (exact) mass is 259 g/mol. The van der Waals surface area contributed by atoms with Gasteiger partial charge in [-0.05, 0) is 25.7 Å². The minimum atomic E-state index is -0.153. The number of ether oxygens (including phenoxy) is 4. The Morgan fingerprint density at radius 2 is 1.83 bits per heavy atom. The molecule has 2 rings (SSSR count). The van der Waals surface area contributed by atoms with Crippen LogP contribution in [0.4, 0.5) is 0 Å².